The molecule has 11 atom stereocenters. The molecule has 0 radical (unpaired) electrons. The van der Waals surface area contributed by atoms with Crippen LogP contribution in [0.3, 0.4) is 0 Å². The van der Waals surface area contributed by atoms with Gasteiger partial charge in [-0.2, -0.15) is 0 Å². The van der Waals surface area contributed by atoms with Crippen LogP contribution in [0, 0.1) is 0 Å². The van der Waals surface area contributed by atoms with Crippen molar-refractivity contribution in [3.05, 3.63) is 71.8 Å². The summed E-state index contributed by atoms with van der Waals surface area (Å²) >= 11 is 2.70. The number of esters is 6. The smallest absolute Gasteiger partial charge is 0.366 e. The maximum Gasteiger partial charge on any atom is 0.366 e. The fraction of sp³-hybridized carbons (Fsp3) is 0.556. The summed E-state index contributed by atoms with van der Waals surface area (Å²) in [5.41, 5.74) is 0.585. The highest BCUT2D eigenvalue weighted by Crippen LogP contribution is 2.41. The van der Waals surface area contributed by atoms with Gasteiger partial charge in [-0.25, -0.2) is 4.79 Å². The summed E-state index contributed by atoms with van der Waals surface area (Å²) in [6.45, 7) is 6.06. The molecule has 0 aliphatic carbocycles. The van der Waals surface area contributed by atoms with E-state index in [2.05, 4.69) is 10.3 Å². The third kappa shape index (κ3) is 15.5. The molecule has 2 fully saturated rings. The van der Waals surface area contributed by atoms with E-state index in [9.17, 15) is 33.6 Å². The van der Waals surface area contributed by atoms with E-state index >= 15 is 0 Å². The summed E-state index contributed by atoms with van der Waals surface area (Å²) in [7, 11) is 1.05. The third-order valence-corrected chi connectivity index (χ3v) is 12.6. The Balaban J connectivity index is 1.63. The predicted molar refractivity (Wildman–Crippen MR) is 238 cm³/mol. The second-order valence-corrected chi connectivity index (χ2v) is 17.9. The normalized spacial score (nSPS) is 26.7. The van der Waals surface area contributed by atoms with Crippen LogP contribution in [0.4, 0.5) is 0 Å². The first kappa shape index (κ1) is 52.9. The summed E-state index contributed by atoms with van der Waals surface area (Å²) < 4.78 is 67.2. The maximum absolute atomic E-state index is 14.3. The van der Waals surface area contributed by atoms with Gasteiger partial charge >= 0.3 is 35.8 Å². The molecular formula is C45H56N2O18S2. The Hall–Kier alpha value is -5.10. The number of carbonyl (C=O) groups excluding carboxylic acids is 7. The van der Waals surface area contributed by atoms with Crippen molar-refractivity contribution in [3.8, 4) is 0 Å². The minimum Gasteiger partial charge on any atom is -0.465 e. The van der Waals surface area contributed by atoms with Gasteiger partial charge in [0.25, 0.3) is 5.79 Å². The van der Waals surface area contributed by atoms with Crippen LogP contribution in [0.5, 0.6) is 0 Å². The van der Waals surface area contributed by atoms with Crippen LogP contribution in [-0.4, -0.2) is 145 Å². The number of ether oxygens (including phenoxy) is 11. The van der Waals surface area contributed by atoms with Crippen LogP contribution in [0.1, 0.15) is 59.1 Å². The van der Waals surface area contributed by atoms with Crippen molar-refractivity contribution in [1.82, 2.24) is 5.32 Å². The zero-order valence-corrected chi connectivity index (χ0v) is 39.7. The standard InChI is InChI=1S/C45H56N2O18S2/c1-25(48)47-36-33(60-27(3)50)20-45(43(54)55-7,65-39(36)38(62-29(5)52)34(61-28(4)51)23-56-26(2)49)59-24-35-37(57-21-31-14-10-8-11-15-31)40(58-22-32-16-12-9-13-17-32)41(63-30(6)53)42(64-35)67-44-46-18-19-66-44/h8-17,33-42H,18-24H2,1-7H3,(H,47,48)/t33-,34+,35+,36+,37+,38+,39+,40-,41+,42-,45+/m0/s1. The molecule has 3 aliphatic rings. The van der Waals surface area contributed by atoms with Gasteiger partial charge in [-0.1, -0.05) is 84.2 Å². The van der Waals surface area contributed by atoms with Gasteiger partial charge in [0.15, 0.2) is 18.3 Å². The van der Waals surface area contributed by atoms with E-state index in [1.165, 1.54) is 30.4 Å². The number of rotatable bonds is 20. The highest BCUT2D eigenvalue weighted by atomic mass is 32.2. The minimum atomic E-state index is -2.58. The molecule has 366 valence electrons. The van der Waals surface area contributed by atoms with Crippen molar-refractivity contribution in [3.63, 3.8) is 0 Å². The second kappa shape index (κ2) is 25.3. The molecule has 3 aliphatic heterocycles. The Bertz CT molecular complexity index is 2060. The van der Waals surface area contributed by atoms with Gasteiger partial charge in [-0.05, 0) is 11.1 Å². The number of carbonyl (C=O) groups is 7. The largest absolute Gasteiger partial charge is 0.465 e. The van der Waals surface area contributed by atoms with Crippen LogP contribution in [0.2, 0.25) is 0 Å². The Morgan fingerprint density at radius 3 is 1.93 bits per heavy atom. The van der Waals surface area contributed by atoms with E-state index in [0.717, 1.165) is 52.9 Å². The van der Waals surface area contributed by atoms with E-state index < -0.39 is 127 Å². The molecule has 22 heteroatoms. The van der Waals surface area contributed by atoms with Crippen LogP contribution in [-0.2, 0) is 98.9 Å². The highest BCUT2D eigenvalue weighted by Gasteiger charge is 2.60. The fourth-order valence-electron chi connectivity index (χ4n) is 7.60. The Kier molecular flexibility index (Phi) is 20.0. The Morgan fingerprint density at radius 2 is 1.40 bits per heavy atom. The third-order valence-electron chi connectivity index (χ3n) is 10.2. The van der Waals surface area contributed by atoms with Gasteiger partial charge in [-0.3, -0.25) is 33.8 Å². The molecule has 1 amide bonds. The molecule has 1 N–H and O–H groups in total. The molecule has 2 saturated heterocycles. The number of nitrogens with zero attached hydrogens (tertiary/aromatic N) is 1. The van der Waals surface area contributed by atoms with Crippen LogP contribution < -0.4 is 5.32 Å². The molecule has 20 nitrogen and oxygen atoms in total. The molecule has 0 unspecified atom stereocenters. The summed E-state index contributed by atoms with van der Waals surface area (Å²) in [5.74, 6) is -7.81. The minimum absolute atomic E-state index is 0.0152. The molecule has 67 heavy (non-hydrogen) atoms. The second-order valence-electron chi connectivity index (χ2n) is 15.5. The molecule has 2 aromatic rings. The first-order chi connectivity index (χ1) is 32.0. The summed E-state index contributed by atoms with van der Waals surface area (Å²) in [6, 6.07) is 17.1. The quantitative estimate of drug-likeness (QED) is 0.148. The molecular weight excluding hydrogens is 921 g/mol. The Morgan fingerprint density at radius 1 is 0.791 bits per heavy atom. The van der Waals surface area contributed by atoms with Crippen molar-refractivity contribution in [2.24, 2.45) is 4.99 Å². The SMILES string of the molecule is COC(=O)[C@@]1(OC[C@H]2O[C@@H](SC3=NCCS3)[C@H](OC(C)=O)[C@@H](OCc3ccccc3)[C@@H]2OCc2ccccc2)C[C@H](OC(C)=O)[C@@H](NC(C)=O)[C@H]([C@H](OC(C)=O)[C@@H](COC(C)=O)OC(C)=O)O1. The first-order valence-corrected chi connectivity index (χ1v) is 23.1. The number of nitrogens with one attached hydrogen (secondary N) is 1. The molecule has 5 rings (SSSR count). The predicted octanol–water partition coefficient (Wildman–Crippen LogP) is 3.19. The van der Waals surface area contributed by atoms with E-state index in [1.54, 1.807) is 0 Å². The number of benzene rings is 2. The van der Waals surface area contributed by atoms with Crippen LogP contribution in [0.15, 0.2) is 65.7 Å². The van der Waals surface area contributed by atoms with E-state index in [4.69, 9.17) is 52.1 Å². The molecule has 2 aromatic carbocycles. The first-order valence-electron chi connectivity index (χ1n) is 21.3. The van der Waals surface area contributed by atoms with Gasteiger partial charge in [0, 0.05) is 47.3 Å². The van der Waals surface area contributed by atoms with Gasteiger partial charge < -0.3 is 57.4 Å². The van der Waals surface area contributed by atoms with E-state index in [0.29, 0.717) is 16.7 Å². The van der Waals surface area contributed by atoms with Gasteiger partial charge in [-0.15, -0.1) is 0 Å². The van der Waals surface area contributed by atoms with Crippen LogP contribution >= 0.6 is 23.5 Å². The highest BCUT2D eigenvalue weighted by molar-refractivity contribution is 8.39. The lowest BCUT2D eigenvalue weighted by molar-refractivity contribution is -0.327. The topological polar surface area (TPSA) is 245 Å². The zero-order chi connectivity index (χ0) is 48.7. The van der Waals surface area contributed by atoms with Crippen molar-refractivity contribution in [2.75, 3.05) is 32.6 Å². The molecule has 0 saturated carbocycles. The fourth-order valence-corrected chi connectivity index (χ4v) is 9.85. The number of thioether (sulfide) groups is 2. The maximum atomic E-state index is 14.3. The molecule has 0 aromatic heterocycles. The zero-order valence-electron chi connectivity index (χ0n) is 38.1. The summed E-state index contributed by atoms with van der Waals surface area (Å²) in [4.78, 5) is 94.7. The molecule has 3 heterocycles. The van der Waals surface area contributed by atoms with E-state index in [1.807, 2.05) is 60.7 Å². The number of amides is 1. The summed E-state index contributed by atoms with van der Waals surface area (Å²) in [6.07, 6.45) is -11.7. The lowest BCUT2D eigenvalue weighted by Gasteiger charge is -2.49. The van der Waals surface area contributed by atoms with Crippen molar-refractivity contribution >= 4 is 69.6 Å². The lowest BCUT2D eigenvalue weighted by Crippen LogP contribution is -2.70. The average Bonchev–Trinajstić information content (AvgIpc) is 3.79. The molecule has 0 bridgehead atoms. The van der Waals surface area contributed by atoms with Crippen molar-refractivity contribution < 1.29 is 85.7 Å². The van der Waals surface area contributed by atoms with Crippen molar-refractivity contribution in [1.29, 1.82) is 0 Å². The van der Waals surface area contributed by atoms with E-state index in [-0.39, 0.29) is 13.2 Å². The Labute approximate surface area is 396 Å². The molecule has 0 spiro atoms. The van der Waals surface area contributed by atoms with Gasteiger partial charge in [0.05, 0.1) is 45.9 Å². The van der Waals surface area contributed by atoms with Crippen LogP contribution in [0.25, 0.3) is 0 Å². The van der Waals surface area contributed by atoms with Gasteiger partial charge in [0.2, 0.25) is 5.91 Å². The number of hydrogen-bond acceptors (Lipinski definition) is 21. The number of aliphatic imine (C=N–C) groups is 1. The number of hydrogen-bond donors (Lipinski definition) is 1. The van der Waals surface area contributed by atoms with Gasteiger partial charge in [0.1, 0.15) is 46.9 Å². The summed E-state index contributed by atoms with van der Waals surface area (Å²) in [5, 5.41) is 2.64. The lowest BCUT2D eigenvalue weighted by atomic mass is 9.87. The average molecular weight is 977 g/mol. The monoisotopic (exact) mass is 976 g/mol. The van der Waals surface area contributed by atoms with Crippen molar-refractivity contribution in [2.45, 2.75) is 127 Å². The number of methoxy groups -OCH3 is 1.